The third kappa shape index (κ3) is 2.70. The van der Waals surface area contributed by atoms with E-state index in [1.54, 1.807) is 0 Å². The maximum atomic E-state index is 12.0. The summed E-state index contributed by atoms with van der Waals surface area (Å²) in [6.07, 6.45) is 2.15. The van der Waals surface area contributed by atoms with Crippen LogP contribution in [0.5, 0.6) is 0 Å². The number of carbonyl (C=O) groups excluding carboxylic acids is 1. The normalized spacial score (nSPS) is 14.9. The number of H-pyrrole nitrogens is 1. The van der Waals surface area contributed by atoms with Gasteiger partial charge in [-0.25, -0.2) is 4.98 Å². The first kappa shape index (κ1) is 13.2. The molecule has 0 saturated carbocycles. The summed E-state index contributed by atoms with van der Waals surface area (Å²) in [5, 5.41) is 0.358. The van der Waals surface area contributed by atoms with Crippen LogP contribution in [0.25, 0.3) is 11.0 Å². The summed E-state index contributed by atoms with van der Waals surface area (Å²) < 4.78 is 0. The number of hydrogen-bond donors (Lipinski definition) is 1. The number of carbonyl (C=O) groups is 1. The van der Waals surface area contributed by atoms with Crippen LogP contribution in [0.2, 0.25) is 0 Å². The van der Waals surface area contributed by atoms with Gasteiger partial charge in [-0.3, -0.25) is 9.59 Å². The molecule has 1 N–H and O–H groups in total. The molecule has 0 radical (unpaired) electrons. The highest BCUT2D eigenvalue weighted by molar-refractivity contribution is 7.99. The predicted molar refractivity (Wildman–Crippen MR) is 78.9 cm³/mol. The zero-order chi connectivity index (χ0) is 13.9. The second kappa shape index (κ2) is 5.66. The van der Waals surface area contributed by atoms with Gasteiger partial charge in [-0.15, -0.1) is 0 Å². The molecular weight excluding hydrogens is 274 g/mol. The number of aromatic amines is 1. The van der Waals surface area contributed by atoms with Crippen molar-refractivity contribution >= 4 is 28.7 Å². The van der Waals surface area contributed by atoms with E-state index in [1.165, 1.54) is 11.8 Å². The van der Waals surface area contributed by atoms with Crippen LogP contribution in [0.4, 0.5) is 0 Å². The smallest absolute Gasteiger partial charge is 0.280 e. The summed E-state index contributed by atoms with van der Waals surface area (Å²) in [6, 6.07) is 7.38. The van der Waals surface area contributed by atoms with E-state index in [0.717, 1.165) is 31.4 Å². The minimum atomic E-state index is -0.233. The Kier molecular flexibility index (Phi) is 3.73. The summed E-state index contributed by atoms with van der Waals surface area (Å²) in [5.74, 6) is 0.357. The molecule has 1 fully saturated rings. The van der Waals surface area contributed by atoms with Gasteiger partial charge in [0, 0.05) is 13.1 Å². The summed E-state index contributed by atoms with van der Waals surface area (Å²) >= 11 is 1.21. The molecule has 6 heteroatoms. The zero-order valence-electron chi connectivity index (χ0n) is 11.0. The molecule has 0 aliphatic carbocycles. The number of rotatable bonds is 3. The van der Waals surface area contributed by atoms with Crippen LogP contribution in [0.1, 0.15) is 12.8 Å². The van der Waals surface area contributed by atoms with Crippen molar-refractivity contribution in [2.75, 3.05) is 18.8 Å². The lowest BCUT2D eigenvalue weighted by Gasteiger charge is -2.14. The first-order chi connectivity index (χ1) is 9.74. The molecule has 2 aromatic rings. The van der Waals surface area contributed by atoms with Crippen molar-refractivity contribution in [1.82, 2.24) is 14.9 Å². The molecule has 1 saturated heterocycles. The topological polar surface area (TPSA) is 66.1 Å². The molecular formula is C14H15N3O2S. The number of nitrogens with zero attached hydrogens (tertiary/aromatic N) is 2. The highest BCUT2D eigenvalue weighted by Gasteiger charge is 2.18. The van der Waals surface area contributed by atoms with E-state index in [-0.39, 0.29) is 17.2 Å². The monoisotopic (exact) mass is 289 g/mol. The average molecular weight is 289 g/mol. The molecule has 0 spiro atoms. The van der Waals surface area contributed by atoms with E-state index in [2.05, 4.69) is 9.97 Å². The van der Waals surface area contributed by atoms with Crippen molar-refractivity contribution in [3.05, 3.63) is 34.6 Å². The van der Waals surface area contributed by atoms with Crippen molar-refractivity contribution in [3.8, 4) is 0 Å². The summed E-state index contributed by atoms with van der Waals surface area (Å²) in [4.78, 5) is 32.8. The Hall–Kier alpha value is -1.82. The van der Waals surface area contributed by atoms with Gasteiger partial charge in [0.1, 0.15) is 0 Å². The summed E-state index contributed by atoms with van der Waals surface area (Å²) in [5.41, 5.74) is 1.22. The van der Waals surface area contributed by atoms with Gasteiger partial charge in [0.2, 0.25) is 5.91 Å². The fourth-order valence-corrected chi connectivity index (χ4v) is 3.09. The van der Waals surface area contributed by atoms with E-state index in [9.17, 15) is 9.59 Å². The maximum Gasteiger partial charge on any atom is 0.280 e. The number of thioether (sulfide) groups is 1. The number of hydrogen-bond acceptors (Lipinski definition) is 4. The number of aromatic nitrogens is 2. The zero-order valence-corrected chi connectivity index (χ0v) is 11.8. The van der Waals surface area contributed by atoms with Crippen LogP contribution in [-0.2, 0) is 4.79 Å². The largest absolute Gasteiger partial charge is 0.342 e. The average Bonchev–Trinajstić information content (AvgIpc) is 2.99. The van der Waals surface area contributed by atoms with Gasteiger partial charge in [-0.1, -0.05) is 23.9 Å². The Labute approximate surface area is 120 Å². The lowest BCUT2D eigenvalue weighted by Crippen LogP contribution is -2.29. The van der Waals surface area contributed by atoms with Crippen molar-refractivity contribution in [3.63, 3.8) is 0 Å². The predicted octanol–water partition coefficient (Wildman–Crippen LogP) is 1.64. The molecule has 1 aliphatic heterocycles. The van der Waals surface area contributed by atoms with Crippen LogP contribution in [-0.4, -0.2) is 39.6 Å². The van der Waals surface area contributed by atoms with E-state index < -0.39 is 0 Å². The number of fused-ring (bicyclic) bond motifs is 1. The number of benzene rings is 1. The molecule has 1 amide bonds. The fourth-order valence-electron chi connectivity index (χ4n) is 2.30. The van der Waals surface area contributed by atoms with Gasteiger partial charge in [0.05, 0.1) is 16.8 Å². The summed E-state index contributed by atoms with van der Waals surface area (Å²) in [7, 11) is 0. The molecule has 3 rings (SSSR count). The quantitative estimate of drug-likeness (QED) is 0.872. The van der Waals surface area contributed by atoms with Gasteiger partial charge >= 0.3 is 0 Å². The third-order valence-electron chi connectivity index (χ3n) is 3.36. The third-order valence-corrected chi connectivity index (χ3v) is 4.30. The van der Waals surface area contributed by atoms with Crippen molar-refractivity contribution in [2.45, 2.75) is 17.9 Å². The molecule has 5 nitrogen and oxygen atoms in total. The van der Waals surface area contributed by atoms with Crippen LogP contribution >= 0.6 is 11.8 Å². The Morgan fingerprint density at radius 1 is 1.30 bits per heavy atom. The molecule has 0 unspecified atom stereocenters. The van der Waals surface area contributed by atoms with E-state index in [0.29, 0.717) is 10.5 Å². The van der Waals surface area contributed by atoms with E-state index in [1.807, 2.05) is 29.2 Å². The van der Waals surface area contributed by atoms with E-state index >= 15 is 0 Å². The Bertz CT molecular complexity index is 692. The molecule has 1 aromatic carbocycles. The molecule has 1 aromatic heterocycles. The van der Waals surface area contributed by atoms with E-state index in [4.69, 9.17) is 0 Å². The first-order valence-electron chi connectivity index (χ1n) is 6.64. The SMILES string of the molecule is O=C(CSc1nc2ccccc2[nH]c1=O)N1CCCC1. The van der Waals surface area contributed by atoms with Crippen molar-refractivity contribution in [1.29, 1.82) is 0 Å². The highest BCUT2D eigenvalue weighted by atomic mass is 32.2. The van der Waals surface area contributed by atoms with Gasteiger partial charge < -0.3 is 9.88 Å². The van der Waals surface area contributed by atoms with Gasteiger partial charge in [0.25, 0.3) is 5.56 Å². The number of nitrogens with one attached hydrogen (secondary N) is 1. The Morgan fingerprint density at radius 3 is 2.85 bits per heavy atom. The number of para-hydroxylation sites is 2. The van der Waals surface area contributed by atoms with Gasteiger partial charge in [-0.05, 0) is 25.0 Å². The van der Waals surface area contributed by atoms with Crippen LogP contribution in [0.15, 0.2) is 34.1 Å². The Balaban J connectivity index is 1.75. The molecule has 0 bridgehead atoms. The highest BCUT2D eigenvalue weighted by Crippen LogP contribution is 2.16. The maximum absolute atomic E-state index is 12.0. The second-order valence-corrected chi connectivity index (χ2v) is 5.73. The first-order valence-corrected chi connectivity index (χ1v) is 7.62. The molecule has 104 valence electrons. The molecule has 0 atom stereocenters. The Morgan fingerprint density at radius 2 is 2.05 bits per heavy atom. The van der Waals surface area contributed by atoms with Crippen LogP contribution < -0.4 is 5.56 Å². The van der Waals surface area contributed by atoms with Crippen molar-refractivity contribution < 1.29 is 4.79 Å². The van der Waals surface area contributed by atoms with Gasteiger partial charge in [0.15, 0.2) is 5.03 Å². The minimum Gasteiger partial charge on any atom is -0.342 e. The second-order valence-electron chi connectivity index (χ2n) is 4.76. The molecule has 20 heavy (non-hydrogen) atoms. The minimum absolute atomic E-state index is 0.0851. The molecule has 1 aliphatic rings. The van der Waals surface area contributed by atoms with Crippen LogP contribution in [0.3, 0.4) is 0 Å². The van der Waals surface area contributed by atoms with Crippen LogP contribution in [0, 0.1) is 0 Å². The molecule has 2 heterocycles. The summed E-state index contributed by atoms with van der Waals surface area (Å²) in [6.45, 7) is 1.67. The lowest BCUT2D eigenvalue weighted by molar-refractivity contribution is -0.127. The van der Waals surface area contributed by atoms with Crippen molar-refractivity contribution in [2.24, 2.45) is 0 Å². The number of likely N-dealkylation sites (tertiary alicyclic amines) is 1. The number of amides is 1. The fraction of sp³-hybridized carbons (Fsp3) is 0.357. The lowest BCUT2D eigenvalue weighted by atomic mass is 10.3. The standard InChI is InChI=1S/C14H15N3O2S/c18-12(17-7-3-4-8-17)9-20-14-13(19)15-10-5-1-2-6-11(10)16-14/h1-2,5-6H,3-4,7-9H2,(H,15,19). The van der Waals surface area contributed by atoms with Gasteiger partial charge in [-0.2, -0.15) is 0 Å².